The normalized spacial score (nSPS) is 15.9. The first-order valence-corrected chi connectivity index (χ1v) is 6.99. The van der Waals surface area contributed by atoms with Crippen molar-refractivity contribution < 1.29 is 18.3 Å². The van der Waals surface area contributed by atoms with Crippen LogP contribution in [0, 0.1) is 6.92 Å². The van der Waals surface area contributed by atoms with E-state index >= 15 is 0 Å². The van der Waals surface area contributed by atoms with Crippen molar-refractivity contribution in [2.45, 2.75) is 58.4 Å². The second-order valence-corrected chi connectivity index (χ2v) is 6.73. The van der Waals surface area contributed by atoms with Gasteiger partial charge in [-0.1, -0.05) is 6.07 Å². The zero-order valence-electron chi connectivity index (χ0n) is 13.2. The van der Waals surface area contributed by atoms with Gasteiger partial charge in [0.1, 0.15) is 0 Å². The van der Waals surface area contributed by atoms with Gasteiger partial charge in [0.25, 0.3) is 0 Å². The minimum absolute atomic E-state index is 0.0642. The molecule has 2 N–H and O–H groups in total. The minimum atomic E-state index is -4.36. The monoisotopic (exact) mass is 303 g/mol. The summed E-state index contributed by atoms with van der Waals surface area (Å²) >= 11 is 0. The predicted octanol–water partition coefficient (Wildman–Crippen LogP) is 4.00. The van der Waals surface area contributed by atoms with E-state index in [1.165, 1.54) is 6.07 Å². The molecule has 0 spiro atoms. The van der Waals surface area contributed by atoms with E-state index in [0.29, 0.717) is 24.1 Å². The van der Waals surface area contributed by atoms with E-state index in [9.17, 15) is 18.3 Å². The summed E-state index contributed by atoms with van der Waals surface area (Å²) in [7, 11) is 0. The standard InChI is InChI=1S/C16H24F3NO/c1-11-10-12(16(17,18)19)6-7-13(11)15(5,21)8-9-20-14(2,3)4/h6-7,10,20-21H,8-9H2,1-5H3. The van der Waals surface area contributed by atoms with E-state index < -0.39 is 17.3 Å². The Bertz CT molecular complexity index is 487. The summed E-state index contributed by atoms with van der Waals surface area (Å²) in [6, 6.07) is 3.48. The average Bonchev–Trinajstić information content (AvgIpc) is 2.24. The molecule has 0 fully saturated rings. The Morgan fingerprint density at radius 3 is 2.10 bits per heavy atom. The van der Waals surface area contributed by atoms with Crippen LogP contribution in [0.4, 0.5) is 13.2 Å². The summed E-state index contributed by atoms with van der Waals surface area (Å²) < 4.78 is 38.0. The molecule has 1 aromatic carbocycles. The smallest absolute Gasteiger partial charge is 0.385 e. The summed E-state index contributed by atoms with van der Waals surface area (Å²) in [6.07, 6.45) is -3.93. The number of hydrogen-bond donors (Lipinski definition) is 2. The number of rotatable bonds is 4. The van der Waals surface area contributed by atoms with Gasteiger partial charge in [0.05, 0.1) is 11.2 Å². The van der Waals surface area contributed by atoms with E-state index in [1.807, 2.05) is 20.8 Å². The Balaban J connectivity index is 2.88. The highest BCUT2D eigenvalue weighted by molar-refractivity contribution is 5.36. The highest BCUT2D eigenvalue weighted by Crippen LogP contribution is 2.34. The van der Waals surface area contributed by atoms with Crippen molar-refractivity contribution in [1.82, 2.24) is 5.32 Å². The molecule has 2 nitrogen and oxygen atoms in total. The van der Waals surface area contributed by atoms with Gasteiger partial charge in [0, 0.05) is 5.54 Å². The first-order chi connectivity index (χ1) is 9.33. The van der Waals surface area contributed by atoms with E-state index in [1.54, 1.807) is 13.8 Å². The maximum absolute atomic E-state index is 12.7. The summed E-state index contributed by atoms with van der Waals surface area (Å²) in [6.45, 7) is 9.86. The number of benzene rings is 1. The molecular weight excluding hydrogens is 279 g/mol. The zero-order valence-corrected chi connectivity index (χ0v) is 13.2. The molecule has 1 rings (SSSR count). The van der Waals surface area contributed by atoms with Crippen LogP contribution in [0.5, 0.6) is 0 Å². The van der Waals surface area contributed by atoms with Crippen LogP contribution < -0.4 is 5.32 Å². The number of hydrogen-bond acceptors (Lipinski definition) is 2. The Labute approximate surface area is 124 Å². The van der Waals surface area contributed by atoms with Crippen molar-refractivity contribution in [2.75, 3.05) is 6.54 Å². The van der Waals surface area contributed by atoms with Gasteiger partial charge in [-0.15, -0.1) is 0 Å². The highest BCUT2D eigenvalue weighted by atomic mass is 19.4. The van der Waals surface area contributed by atoms with Gasteiger partial charge in [0.15, 0.2) is 0 Å². The highest BCUT2D eigenvalue weighted by Gasteiger charge is 2.32. The van der Waals surface area contributed by atoms with Crippen molar-refractivity contribution in [1.29, 1.82) is 0 Å². The molecule has 0 saturated carbocycles. The molecule has 0 aliphatic carbocycles. The van der Waals surface area contributed by atoms with Gasteiger partial charge in [-0.3, -0.25) is 0 Å². The number of aryl methyl sites for hydroxylation is 1. The molecule has 0 saturated heterocycles. The Morgan fingerprint density at radius 2 is 1.67 bits per heavy atom. The van der Waals surface area contributed by atoms with Crippen LogP contribution >= 0.6 is 0 Å². The molecule has 120 valence electrons. The van der Waals surface area contributed by atoms with Gasteiger partial charge < -0.3 is 10.4 Å². The lowest BCUT2D eigenvalue weighted by atomic mass is 9.88. The number of halogens is 3. The molecule has 0 radical (unpaired) electrons. The topological polar surface area (TPSA) is 32.3 Å². The third-order valence-electron chi connectivity index (χ3n) is 3.40. The van der Waals surface area contributed by atoms with E-state index in [-0.39, 0.29) is 5.54 Å². The molecule has 0 heterocycles. The fraction of sp³-hybridized carbons (Fsp3) is 0.625. The first-order valence-electron chi connectivity index (χ1n) is 6.99. The Hall–Kier alpha value is -1.07. The van der Waals surface area contributed by atoms with Gasteiger partial charge >= 0.3 is 6.18 Å². The second-order valence-electron chi connectivity index (χ2n) is 6.73. The third-order valence-corrected chi connectivity index (χ3v) is 3.40. The minimum Gasteiger partial charge on any atom is -0.385 e. The lowest BCUT2D eigenvalue weighted by molar-refractivity contribution is -0.137. The second kappa shape index (κ2) is 5.97. The van der Waals surface area contributed by atoms with E-state index in [0.717, 1.165) is 12.1 Å². The first kappa shape index (κ1) is 18.0. The number of aliphatic hydroxyl groups is 1. The van der Waals surface area contributed by atoms with Gasteiger partial charge in [-0.05, 0) is 70.8 Å². The van der Waals surface area contributed by atoms with Crippen molar-refractivity contribution in [3.63, 3.8) is 0 Å². The predicted molar refractivity (Wildman–Crippen MR) is 78.1 cm³/mol. The van der Waals surface area contributed by atoms with Crippen LogP contribution in [-0.4, -0.2) is 17.2 Å². The molecular formula is C16H24F3NO. The molecule has 0 aliphatic rings. The molecule has 1 aromatic rings. The van der Waals surface area contributed by atoms with Crippen LogP contribution in [0.15, 0.2) is 18.2 Å². The quantitative estimate of drug-likeness (QED) is 0.881. The van der Waals surface area contributed by atoms with Gasteiger partial charge in [-0.2, -0.15) is 13.2 Å². The molecule has 1 unspecified atom stereocenters. The third kappa shape index (κ3) is 5.32. The van der Waals surface area contributed by atoms with Crippen LogP contribution in [-0.2, 0) is 11.8 Å². The summed E-state index contributed by atoms with van der Waals surface area (Å²) in [5.41, 5.74) is -0.929. The van der Waals surface area contributed by atoms with Gasteiger partial charge in [0.2, 0.25) is 0 Å². The number of nitrogens with one attached hydrogen (secondary N) is 1. The van der Waals surface area contributed by atoms with Crippen molar-refractivity contribution in [3.05, 3.63) is 34.9 Å². The maximum Gasteiger partial charge on any atom is 0.416 e. The summed E-state index contributed by atoms with van der Waals surface area (Å²) in [5.74, 6) is 0. The van der Waals surface area contributed by atoms with Crippen LogP contribution in [0.1, 0.15) is 50.8 Å². The zero-order chi connectivity index (χ0) is 16.5. The fourth-order valence-corrected chi connectivity index (χ4v) is 2.26. The molecule has 1 atom stereocenters. The molecule has 0 amide bonds. The molecule has 0 bridgehead atoms. The maximum atomic E-state index is 12.7. The molecule has 0 aliphatic heterocycles. The molecule has 0 aromatic heterocycles. The summed E-state index contributed by atoms with van der Waals surface area (Å²) in [4.78, 5) is 0. The molecule has 5 heteroatoms. The summed E-state index contributed by atoms with van der Waals surface area (Å²) in [5, 5.41) is 13.8. The molecule has 21 heavy (non-hydrogen) atoms. The van der Waals surface area contributed by atoms with Crippen LogP contribution in [0.3, 0.4) is 0 Å². The SMILES string of the molecule is Cc1cc(C(F)(F)F)ccc1C(C)(O)CCNC(C)(C)C. The fourth-order valence-electron chi connectivity index (χ4n) is 2.26. The van der Waals surface area contributed by atoms with E-state index in [4.69, 9.17) is 0 Å². The van der Waals surface area contributed by atoms with Gasteiger partial charge in [-0.25, -0.2) is 0 Å². The Morgan fingerprint density at radius 1 is 1.10 bits per heavy atom. The van der Waals surface area contributed by atoms with Crippen molar-refractivity contribution >= 4 is 0 Å². The van der Waals surface area contributed by atoms with E-state index in [2.05, 4.69) is 5.32 Å². The largest absolute Gasteiger partial charge is 0.416 e. The van der Waals surface area contributed by atoms with Crippen molar-refractivity contribution in [3.8, 4) is 0 Å². The van der Waals surface area contributed by atoms with Crippen LogP contribution in [0.25, 0.3) is 0 Å². The lowest BCUT2D eigenvalue weighted by Crippen LogP contribution is -2.39. The average molecular weight is 303 g/mol. The van der Waals surface area contributed by atoms with Crippen molar-refractivity contribution in [2.24, 2.45) is 0 Å². The Kier molecular flexibility index (Phi) is 5.11. The van der Waals surface area contributed by atoms with Crippen LogP contribution in [0.2, 0.25) is 0 Å². The number of alkyl halides is 3. The lowest BCUT2D eigenvalue weighted by Gasteiger charge is -2.29.